The molecule has 0 spiro atoms. The topological polar surface area (TPSA) is 21.3 Å². The Balaban J connectivity index is 1.81. The molecule has 19 heavy (non-hydrogen) atoms. The fourth-order valence-corrected chi connectivity index (χ4v) is 3.00. The van der Waals surface area contributed by atoms with Gasteiger partial charge in [0.2, 0.25) is 0 Å². The summed E-state index contributed by atoms with van der Waals surface area (Å²) in [6, 6.07) is 7.02. The first kappa shape index (κ1) is 14.9. The van der Waals surface area contributed by atoms with E-state index in [0.717, 1.165) is 29.3 Å². The Labute approximate surface area is 125 Å². The van der Waals surface area contributed by atoms with Gasteiger partial charge in [0.15, 0.2) is 0 Å². The average molecular weight is 326 g/mol. The first-order valence-corrected chi connectivity index (χ1v) is 8.11. The molecule has 2 nitrogen and oxygen atoms in total. The van der Waals surface area contributed by atoms with Crippen molar-refractivity contribution in [2.75, 3.05) is 13.2 Å². The van der Waals surface area contributed by atoms with Crippen molar-refractivity contribution in [1.82, 2.24) is 5.32 Å². The predicted octanol–water partition coefficient (Wildman–Crippen LogP) is 4.48. The first-order chi connectivity index (χ1) is 9.16. The van der Waals surface area contributed by atoms with E-state index in [-0.39, 0.29) is 0 Å². The molecular weight excluding hydrogens is 302 g/mol. The maximum absolute atomic E-state index is 5.96. The fourth-order valence-electron chi connectivity index (χ4n) is 2.62. The van der Waals surface area contributed by atoms with Gasteiger partial charge in [0.05, 0.1) is 6.61 Å². The predicted molar refractivity (Wildman–Crippen MR) is 84.0 cm³/mol. The number of benzene rings is 1. The van der Waals surface area contributed by atoms with Gasteiger partial charge in [-0.2, -0.15) is 0 Å². The fraction of sp³-hybridized carbons (Fsp3) is 0.625. The smallest absolute Gasteiger partial charge is 0.122 e. The molecular formula is C16H24BrNO. The Morgan fingerprint density at radius 1 is 1.42 bits per heavy atom. The molecule has 0 aliphatic carbocycles. The van der Waals surface area contributed by atoms with Crippen LogP contribution in [0.2, 0.25) is 0 Å². The summed E-state index contributed by atoms with van der Waals surface area (Å²) in [5.41, 5.74) is 1.29. The molecule has 1 N–H and O–H groups in total. The van der Waals surface area contributed by atoms with Gasteiger partial charge in [-0.15, -0.1) is 0 Å². The van der Waals surface area contributed by atoms with Crippen molar-refractivity contribution in [3.05, 3.63) is 28.2 Å². The van der Waals surface area contributed by atoms with Crippen LogP contribution in [0.1, 0.15) is 51.0 Å². The Morgan fingerprint density at radius 2 is 2.26 bits per heavy atom. The van der Waals surface area contributed by atoms with E-state index in [1.807, 2.05) is 0 Å². The molecule has 1 unspecified atom stereocenters. The van der Waals surface area contributed by atoms with Gasteiger partial charge in [-0.05, 0) is 61.9 Å². The second-order valence-electron chi connectivity index (χ2n) is 5.62. The first-order valence-electron chi connectivity index (χ1n) is 7.32. The molecule has 1 atom stereocenters. The van der Waals surface area contributed by atoms with Gasteiger partial charge in [0, 0.05) is 10.5 Å². The highest BCUT2D eigenvalue weighted by atomic mass is 79.9. The number of rotatable bonds is 6. The van der Waals surface area contributed by atoms with Crippen LogP contribution in [-0.2, 0) is 0 Å². The number of ether oxygens (including phenoxy) is 1. The van der Waals surface area contributed by atoms with Gasteiger partial charge in [-0.3, -0.25) is 0 Å². The number of hydrogen-bond acceptors (Lipinski definition) is 2. The van der Waals surface area contributed by atoms with E-state index in [9.17, 15) is 0 Å². The minimum absolute atomic E-state index is 0.490. The van der Waals surface area contributed by atoms with E-state index in [0.29, 0.717) is 5.92 Å². The third-order valence-electron chi connectivity index (χ3n) is 3.71. The van der Waals surface area contributed by atoms with Crippen LogP contribution < -0.4 is 10.1 Å². The van der Waals surface area contributed by atoms with Crippen LogP contribution in [-0.4, -0.2) is 19.2 Å². The molecule has 1 aliphatic heterocycles. The van der Waals surface area contributed by atoms with Crippen molar-refractivity contribution in [3.63, 3.8) is 0 Å². The lowest BCUT2D eigenvalue weighted by Crippen LogP contribution is -2.21. The lowest BCUT2D eigenvalue weighted by atomic mass is 10.0. The standard InChI is InChI=1S/C16H24BrNO/c1-12(2)15-11-13(17)7-8-16(15)19-10-4-6-14-5-3-9-18-14/h7-8,11-12,14,18H,3-6,9-10H2,1-2H3. The van der Waals surface area contributed by atoms with Crippen molar-refractivity contribution in [2.24, 2.45) is 0 Å². The molecule has 0 bridgehead atoms. The Kier molecular flexibility index (Phi) is 5.71. The number of halogens is 1. The molecule has 0 aromatic heterocycles. The molecule has 0 amide bonds. The van der Waals surface area contributed by atoms with Gasteiger partial charge in [0.25, 0.3) is 0 Å². The second kappa shape index (κ2) is 7.30. The number of nitrogens with one attached hydrogen (secondary N) is 1. The average Bonchev–Trinajstić information content (AvgIpc) is 2.89. The van der Waals surface area contributed by atoms with E-state index in [2.05, 4.69) is 53.3 Å². The molecule has 3 heteroatoms. The summed E-state index contributed by atoms with van der Waals surface area (Å²) in [5.74, 6) is 1.53. The third-order valence-corrected chi connectivity index (χ3v) is 4.20. The second-order valence-corrected chi connectivity index (χ2v) is 6.54. The van der Waals surface area contributed by atoms with Gasteiger partial charge in [-0.25, -0.2) is 0 Å². The number of hydrogen-bond donors (Lipinski definition) is 1. The molecule has 1 saturated heterocycles. The summed E-state index contributed by atoms with van der Waals surface area (Å²) in [7, 11) is 0. The summed E-state index contributed by atoms with van der Waals surface area (Å²) >= 11 is 3.53. The molecule has 1 aliphatic rings. The van der Waals surface area contributed by atoms with Gasteiger partial charge < -0.3 is 10.1 Å². The minimum Gasteiger partial charge on any atom is -0.493 e. The molecule has 1 fully saturated rings. The van der Waals surface area contributed by atoms with Crippen molar-refractivity contribution >= 4 is 15.9 Å². The molecule has 0 radical (unpaired) electrons. The summed E-state index contributed by atoms with van der Waals surface area (Å²) in [5, 5.41) is 3.53. The van der Waals surface area contributed by atoms with Crippen molar-refractivity contribution in [1.29, 1.82) is 0 Å². The van der Waals surface area contributed by atoms with Gasteiger partial charge in [0.1, 0.15) is 5.75 Å². The van der Waals surface area contributed by atoms with E-state index in [1.165, 1.54) is 31.4 Å². The Bertz CT molecular complexity index is 400. The van der Waals surface area contributed by atoms with E-state index >= 15 is 0 Å². The van der Waals surface area contributed by atoms with Crippen molar-refractivity contribution in [3.8, 4) is 5.75 Å². The highest BCUT2D eigenvalue weighted by Crippen LogP contribution is 2.29. The SMILES string of the molecule is CC(C)c1cc(Br)ccc1OCCCC1CCCN1. The zero-order valence-electron chi connectivity index (χ0n) is 11.9. The Hall–Kier alpha value is -0.540. The quantitative estimate of drug-likeness (QED) is 0.778. The van der Waals surface area contributed by atoms with E-state index < -0.39 is 0 Å². The van der Waals surface area contributed by atoms with Crippen LogP contribution >= 0.6 is 15.9 Å². The normalized spacial score (nSPS) is 19.1. The van der Waals surface area contributed by atoms with Crippen LogP contribution in [0, 0.1) is 0 Å². The van der Waals surface area contributed by atoms with Crippen LogP contribution in [0.25, 0.3) is 0 Å². The molecule has 1 aromatic carbocycles. The highest BCUT2D eigenvalue weighted by molar-refractivity contribution is 9.10. The lowest BCUT2D eigenvalue weighted by molar-refractivity contribution is 0.295. The summed E-state index contributed by atoms with van der Waals surface area (Å²) in [6.45, 7) is 6.42. The molecule has 1 aromatic rings. The van der Waals surface area contributed by atoms with Crippen molar-refractivity contribution in [2.45, 2.75) is 51.5 Å². The van der Waals surface area contributed by atoms with Gasteiger partial charge >= 0.3 is 0 Å². The van der Waals surface area contributed by atoms with Crippen LogP contribution in [0.5, 0.6) is 5.75 Å². The molecule has 106 valence electrons. The molecule has 0 saturated carbocycles. The summed E-state index contributed by atoms with van der Waals surface area (Å²) in [6.07, 6.45) is 5.02. The summed E-state index contributed by atoms with van der Waals surface area (Å²) in [4.78, 5) is 0. The van der Waals surface area contributed by atoms with Gasteiger partial charge in [-0.1, -0.05) is 29.8 Å². The zero-order valence-corrected chi connectivity index (χ0v) is 13.5. The maximum atomic E-state index is 5.96. The Morgan fingerprint density at radius 3 is 2.95 bits per heavy atom. The van der Waals surface area contributed by atoms with E-state index in [1.54, 1.807) is 0 Å². The van der Waals surface area contributed by atoms with Crippen molar-refractivity contribution < 1.29 is 4.74 Å². The third kappa shape index (κ3) is 4.50. The summed E-state index contributed by atoms with van der Waals surface area (Å²) < 4.78 is 7.09. The van der Waals surface area contributed by atoms with Crippen LogP contribution in [0.4, 0.5) is 0 Å². The van der Waals surface area contributed by atoms with Crippen LogP contribution in [0.15, 0.2) is 22.7 Å². The van der Waals surface area contributed by atoms with E-state index in [4.69, 9.17) is 4.74 Å². The lowest BCUT2D eigenvalue weighted by Gasteiger charge is -2.15. The highest BCUT2D eigenvalue weighted by Gasteiger charge is 2.13. The zero-order chi connectivity index (χ0) is 13.7. The largest absolute Gasteiger partial charge is 0.493 e. The van der Waals surface area contributed by atoms with Crippen LogP contribution in [0.3, 0.4) is 0 Å². The minimum atomic E-state index is 0.490. The molecule has 2 rings (SSSR count). The maximum Gasteiger partial charge on any atom is 0.122 e. The molecule has 1 heterocycles. The monoisotopic (exact) mass is 325 g/mol.